The molecule has 1 atom stereocenters. The lowest BCUT2D eigenvalue weighted by molar-refractivity contribution is 0.400. The summed E-state index contributed by atoms with van der Waals surface area (Å²) in [6.45, 7) is 2.04. The highest BCUT2D eigenvalue weighted by molar-refractivity contribution is 9.10. The Labute approximate surface area is 106 Å². The van der Waals surface area contributed by atoms with Gasteiger partial charge in [0.1, 0.15) is 0 Å². The number of nitrogens with two attached hydrogens (primary N) is 1. The summed E-state index contributed by atoms with van der Waals surface area (Å²) in [6, 6.07) is 7.16. The van der Waals surface area contributed by atoms with Gasteiger partial charge < -0.3 is 10.6 Å². The first kappa shape index (κ1) is 11.9. The molecule has 1 aliphatic carbocycles. The first-order valence-corrected chi connectivity index (χ1v) is 6.66. The van der Waals surface area contributed by atoms with Crippen molar-refractivity contribution < 1.29 is 0 Å². The molecule has 0 aliphatic heterocycles. The predicted molar refractivity (Wildman–Crippen MR) is 72.8 cm³/mol. The molecule has 2 rings (SSSR count). The van der Waals surface area contributed by atoms with Gasteiger partial charge in [0.2, 0.25) is 0 Å². The predicted octanol–water partition coefficient (Wildman–Crippen LogP) is 3.46. The van der Waals surface area contributed by atoms with Crippen LogP contribution in [0.2, 0.25) is 0 Å². The van der Waals surface area contributed by atoms with E-state index in [1.54, 1.807) is 0 Å². The molecule has 1 aromatic rings. The normalized spacial score (nSPS) is 18.0. The lowest BCUT2D eigenvalue weighted by Crippen LogP contribution is -2.38. The molecule has 0 bridgehead atoms. The number of hydrogen-bond acceptors (Lipinski definition) is 2. The molecule has 1 unspecified atom stereocenters. The quantitative estimate of drug-likeness (QED) is 0.920. The van der Waals surface area contributed by atoms with Crippen molar-refractivity contribution in [2.45, 2.75) is 38.3 Å². The zero-order chi connectivity index (χ0) is 11.7. The van der Waals surface area contributed by atoms with Crippen LogP contribution in [0.4, 0.5) is 5.69 Å². The van der Waals surface area contributed by atoms with Crippen molar-refractivity contribution in [2.75, 3.05) is 11.9 Å². The molecule has 0 saturated heterocycles. The summed E-state index contributed by atoms with van der Waals surface area (Å²) in [7, 11) is 2.18. The fourth-order valence-corrected chi connectivity index (χ4v) is 2.53. The van der Waals surface area contributed by atoms with E-state index in [1.807, 2.05) is 6.92 Å². The zero-order valence-electron chi connectivity index (χ0n) is 9.91. The Hall–Kier alpha value is -0.540. The molecule has 0 amide bonds. The van der Waals surface area contributed by atoms with E-state index < -0.39 is 0 Å². The summed E-state index contributed by atoms with van der Waals surface area (Å²) < 4.78 is 1.12. The van der Waals surface area contributed by atoms with E-state index in [9.17, 15) is 0 Å². The number of halogens is 1. The Kier molecular flexibility index (Phi) is 3.55. The van der Waals surface area contributed by atoms with Crippen molar-refractivity contribution in [3.63, 3.8) is 0 Å². The third kappa shape index (κ3) is 2.25. The molecule has 0 spiro atoms. The molecule has 2 N–H and O–H groups in total. The molecule has 0 radical (unpaired) electrons. The molecule has 1 aliphatic rings. The summed E-state index contributed by atoms with van der Waals surface area (Å²) in [5, 5.41) is 0. The van der Waals surface area contributed by atoms with Crippen LogP contribution in [0.25, 0.3) is 0 Å². The molecule has 3 heteroatoms. The van der Waals surface area contributed by atoms with Gasteiger partial charge in [-0.1, -0.05) is 22.0 Å². The lowest BCUT2D eigenvalue weighted by Gasteiger charge is -2.38. The van der Waals surface area contributed by atoms with Crippen LogP contribution in [-0.2, 0) is 0 Å². The van der Waals surface area contributed by atoms with Gasteiger partial charge in [-0.2, -0.15) is 0 Å². The number of rotatable bonds is 3. The Morgan fingerprint density at radius 3 is 2.62 bits per heavy atom. The second kappa shape index (κ2) is 4.76. The minimum Gasteiger partial charge on any atom is -0.371 e. The Balaban J connectivity index is 2.32. The van der Waals surface area contributed by atoms with Crippen molar-refractivity contribution in [1.29, 1.82) is 0 Å². The maximum Gasteiger partial charge on any atom is 0.0425 e. The summed E-state index contributed by atoms with van der Waals surface area (Å²) in [4.78, 5) is 2.38. The van der Waals surface area contributed by atoms with Gasteiger partial charge in [0.15, 0.2) is 0 Å². The fourth-order valence-electron chi connectivity index (χ4n) is 2.18. The van der Waals surface area contributed by atoms with E-state index in [0.29, 0.717) is 6.04 Å². The lowest BCUT2D eigenvalue weighted by atomic mass is 9.90. The topological polar surface area (TPSA) is 29.3 Å². The number of hydrogen-bond donors (Lipinski definition) is 1. The monoisotopic (exact) mass is 282 g/mol. The first-order chi connectivity index (χ1) is 7.59. The number of anilines is 1. The van der Waals surface area contributed by atoms with E-state index in [-0.39, 0.29) is 6.04 Å². The second-order valence-corrected chi connectivity index (χ2v) is 5.60. The van der Waals surface area contributed by atoms with E-state index in [0.717, 1.165) is 4.47 Å². The highest BCUT2D eigenvalue weighted by atomic mass is 79.9. The zero-order valence-corrected chi connectivity index (χ0v) is 11.5. The van der Waals surface area contributed by atoms with Gasteiger partial charge in [-0.25, -0.2) is 0 Å². The average molecular weight is 283 g/mol. The minimum absolute atomic E-state index is 0.0885. The second-order valence-electron chi connectivity index (χ2n) is 4.69. The van der Waals surface area contributed by atoms with E-state index >= 15 is 0 Å². The Morgan fingerprint density at radius 2 is 2.12 bits per heavy atom. The summed E-state index contributed by atoms with van der Waals surface area (Å²) in [5.41, 5.74) is 8.53. The summed E-state index contributed by atoms with van der Waals surface area (Å²) in [6.07, 6.45) is 3.97. The molecule has 1 aromatic carbocycles. The highest BCUT2D eigenvalue weighted by Crippen LogP contribution is 2.34. The van der Waals surface area contributed by atoms with Gasteiger partial charge in [-0.15, -0.1) is 0 Å². The van der Waals surface area contributed by atoms with Gasteiger partial charge in [-0.05, 0) is 43.9 Å². The van der Waals surface area contributed by atoms with Crippen molar-refractivity contribution >= 4 is 21.6 Å². The van der Waals surface area contributed by atoms with Crippen molar-refractivity contribution in [3.8, 4) is 0 Å². The van der Waals surface area contributed by atoms with E-state index in [4.69, 9.17) is 5.73 Å². The Morgan fingerprint density at radius 1 is 1.44 bits per heavy atom. The fraction of sp³-hybridized carbons (Fsp3) is 0.538. The minimum atomic E-state index is 0.0885. The third-order valence-electron chi connectivity index (χ3n) is 3.49. The standard InChI is InChI=1S/C13H19BrN2/c1-9(15)12-7-6-10(14)8-13(12)16(2)11-4-3-5-11/h6-9,11H,3-5,15H2,1-2H3. The SMILES string of the molecule is CC(N)c1ccc(Br)cc1N(C)C1CCC1. The molecule has 16 heavy (non-hydrogen) atoms. The molecule has 2 nitrogen and oxygen atoms in total. The van der Waals surface area contributed by atoms with Crippen LogP contribution in [-0.4, -0.2) is 13.1 Å². The van der Waals surface area contributed by atoms with Crippen LogP contribution >= 0.6 is 15.9 Å². The smallest absolute Gasteiger partial charge is 0.0425 e. The van der Waals surface area contributed by atoms with Crippen molar-refractivity contribution in [2.24, 2.45) is 5.73 Å². The number of nitrogens with zero attached hydrogens (tertiary/aromatic N) is 1. The van der Waals surface area contributed by atoms with Crippen molar-refractivity contribution in [1.82, 2.24) is 0 Å². The maximum absolute atomic E-state index is 6.02. The molecular formula is C13H19BrN2. The first-order valence-electron chi connectivity index (χ1n) is 5.87. The van der Waals surface area contributed by atoms with Gasteiger partial charge in [-0.3, -0.25) is 0 Å². The molecular weight excluding hydrogens is 264 g/mol. The van der Waals surface area contributed by atoms with Crippen LogP contribution in [0.15, 0.2) is 22.7 Å². The summed E-state index contributed by atoms with van der Waals surface area (Å²) >= 11 is 3.54. The summed E-state index contributed by atoms with van der Waals surface area (Å²) in [5.74, 6) is 0. The molecule has 1 fully saturated rings. The van der Waals surface area contributed by atoms with Crippen LogP contribution in [0, 0.1) is 0 Å². The van der Waals surface area contributed by atoms with Gasteiger partial charge in [0.05, 0.1) is 0 Å². The largest absolute Gasteiger partial charge is 0.371 e. The van der Waals surface area contributed by atoms with E-state index in [2.05, 4.69) is 46.1 Å². The molecule has 0 aromatic heterocycles. The number of benzene rings is 1. The molecule has 0 heterocycles. The van der Waals surface area contributed by atoms with Gasteiger partial charge in [0.25, 0.3) is 0 Å². The van der Waals surface area contributed by atoms with Gasteiger partial charge >= 0.3 is 0 Å². The molecule has 1 saturated carbocycles. The molecule has 88 valence electrons. The van der Waals surface area contributed by atoms with Crippen LogP contribution in [0.3, 0.4) is 0 Å². The third-order valence-corrected chi connectivity index (χ3v) is 3.98. The van der Waals surface area contributed by atoms with Crippen molar-refractivity contribution in [3.05, 3.63) is 28.2 Å². The van der Waals surface area contributed by atoms with Crippen LogP contribution in [0.1, 0.15) is 37.8 Å². The Bertz CT molecular complexity index is 372. The van der Waals surface area contributed by atoms with Crippen LogP contribution in [0.5, 0.6) is 0 Å². The highest BCUT2D eigenvalue weighted by Gasteiger charge is 2.24. The maximum atomic E-state index is 6.02. The van der Waals surface area contributed by atoms with Gasteiger partial charge in [0, 0.05) is 29.3 Å². The van der Waals surface area contributed by atoms with E-state index in [1.165, 1.54) is 30.5 Å². The average Bonchev–Trinajstić information content (AvgIpc) is 2.14. The van der Waals surface area contributed by atoms with Crippen LogP contribution < -0.4 is 10.6 Å².